The second-order valence-electron chi connectivity index (χ2n) is 3.73. The van der Waals surface area contributed by atoms with Crippen LogP contribution in [-0.2, 0) is 0 Å². The van der Waals surface area contributed by atoms with Crippen molar-refractivity contribution in [2.75, 3.05) is 39.3 Å². The van der Waals surface area contributed by atoms with E-state index in [-0.39, 0.29) is 6.61 Å². The zero-order valence-corrected chi connectivity index (χ0v) is 10.0. The van der Waals surface area contributed by atoms with Crippen molar-refractivity contribution in [2.24, 2.45) is 0 Å². The van der Waals surface area contributed by atoms with Crippen molar-refractivity contribution < 1.29 is 5.11 Å². The number of aliphatic hydroxyl groups is 1. The van der Waals surface area contributed by atoms with Crippen molar-refractivity contribution in [2.45, 2.75) is 26.2 Å². The zero-order valence-electron chi connectivity index (χ0n) is 10.0. The molecule has 0 unspecified atom stereocenters. The lowest BCUT2D eigenvalue weighted by Crippen LogP contribution is -2.28. The first-order valence-corrected chi connectivity index (χ1v) is 6.00. The van der Waals surface area contributed by atoms with Crippen LogP contribution in [0.15, 0.2) is 12.7 Å². The van der Waals surface area contributed by atoms with Gasteiger partial charge in [-0.15, -0.1) is 6.58 Å². The predicted molar refractivity (Wildman–Crippen MR) is 66.1 cm³/mol. The maximum absolute atomic E-state index is 8.85. The van der Waals surface area contributed by atoms with Crippen LogP contribution in [0.5, 0.6) is 0 Å². The van der Waals surface area contributed by atoms with Gasteiger partial charge in [0, 0.05) is 13.1 Å². The molecule has 90 valence electrons. The molecule has 0 spiro atoms. The van der Waals surface area contributed by atoms with Gasteiger partial charge in [0.25, 0.3) is 0 Å². The molecule has 0 aromatic rings. The predicted octanol–water partition coefficient (Wildman–Crippen LogP) is 1.25. The third kappa shape index (κ3) is 9.91. The number of hydrogen-bond donors (Lipinski definition) is 2. The van der Waals surface area contributed by atoms with Gasteiger partial charge in [-0.3, -0.25) is 4.90 Å². The van der Waals surface area contributed by atoms with E-state index in [9.17, 15) is 0 Å². The molecule has 0 aliphatic carbocycles. The van der Waals surface area contributed by atoms with Crippen molar-refractivity contribution in [3.05, 3.63) is 12.7 Å². The molecule has 0 bridgehead atoms. The van der Waals surface area contributed by atoms with Gasteiger partial charge in [-0.1, -0.05) is 19.4 Å². The molecular formula is C12H26N2O. The van der Waals surface area contributed by atoms with Crippen molar-refractivity contribution in [3.63, 3.8) is 0 Å². The molecule has 0 heterocycles. The van der Waals surface area contributed by atoms with E-state index in [4.69, 9.17) is 5.11 Å². The molecule has 0 amide bonds. The van der Waals surface area contributed by atoms with Crippen LogP contribution >= 0.6 is 0 Å². The normalized spacial score (nSPS) is 10.9. The number of unbranched alkanes of at least 4 members (excludes halogenated alkanes) is 2. The molecule has 0 aromatic carbocycles. The summed E-state index contributed by atoms with van der Waals surface area (Å²) in [5.74, 6) is 0. The van der Waals surface area contributed by atoms with Gasteiger partial charge < -0.3 is 10.4 Å². The summed E-state index contributed by atoms with van der Waals surface area (Å²) in [6.45, 7) is 11.0. The molecule has 0 fully saturated rings. The van der Waals surface area contributed by atoms with E-state index in [1.165, 1.54) is 19.3 Å². The van der Waals surface area contributed by atoms with Crippen LogP contribution in [-0.4, -0.2) is 49.3 Å². The van der Waals surface area contributed by atoms with Gasteiger partial charge in [-0.2, -0.15) is 0 Å². The van der Waals surface area contributed by atoms with Gasteiger partial charge in [0.2, 0.25) is 0 Å². The van der Waals surface area contributed by atoms with E-state index >= 15 is 0 Å². The van der Waals surface area contributed by atoms with E-state index < -0.39 is 0 Å². The van der Waals surface area contributed by atoms with Crippen molar-refractivity contribution >= 4 is 0 Å². The zero-order chi connectivity index (χ0) is 11.4. The Morgan fingerprint density at radius 3 is 2.67 bits per heavy atom. The standard InChI is InChI=1S/C12H26N2O/c1-3-9-14(11-12-15)10-7-5-6-8-13-4-2/h3,13,15H,1,4-12H2,2H3. The van der Waals surface area contributed by atoms with Crippen LogP contribution in [0.2, 0.25) is 0 Å². The topological polar surface area (TPSA) is 35.5 Å². The Kier molecular flexibility index (Phi) is 11.4. The van der Waals surface area contributed by atoms with Gasteiger partial charge >= 0.3 is 0 Å². The summed E-state index contributed by atoms with van der Waals surface area (Å²) in [4.78, 5) is 2.24. The minimum Gasteiger partial charge on any atom is -0.395 e. The van der Waals surface area contributed by atoms with Crippen LogP contribution in [0.3, 0.4) is 0 Å². The molecule has 0 atom stereocenters. The fourth-order valence-electron chi connectivity index (χ4n) is 1.56. The highest BCUT2D eigenvalue weighted by atomic mass is 16.3. The highest BCUT2D eigenvalue weighted by Crippen LogP contribution is 1.98. The first kappa shape index (κ1) is 14.6. The average Bonchev–Trinajstić information content (AvgIpc) is 2.24. The van der Waals surface area contributed by atoms with E-state index in [1.807, 2.05) is 6.08 Å². The molecule has 0 aromatic heterocycles. The lowest BCUT2D eigenvalue weighted by Gasteiger charge is -2.18. The Hall–Kier alpha value is -0.380. The largest absolute Gasteiger partial charge is 0.395 e. The molecule has 0 rings (SSSR count). The third-order valence-corrected chi connectivity index (χ3v) is 2.38. The highest BCUT2D eigenvalue weighted by Gasteiger charge is 2.00. The average molecular weight is 214 g/mol. The van der Waals surface area contributed by atoms with Crippen molar-refractivity contribution in [1.29, 1.82) is 0 Å². The van der Waals surface area contributed by atoms with Crippen LogP contribution in [0.25, 0.3) is 0 Å². The van der Waals surface area contributed by atoms with Gasteiger partial charge in [-0.05, 0) is 32.5 Å². The van der Waals surface area contributed by atoms with Crippen molar-refractivity contribution in [1.82, 2.24) is 10.2 Å². The Morgan fingerprint density at radius 1 is 1.27 bits per heavy atom. The molecule has 15 heavy (non-hydrogen) atoms. The summed E-state index contributed by atoms with van der Waals surface area (Å²) in [6, 6.07) is 0. The van der Waals surface area contributed by atoms with Crippen LogP contribution in [0.4, 0.5) is 0 Å². The summed E-state index contributed by atoms with van der Waals surface area (Å²) in [5.41, 5.74) is 0. The first-order chi connectivity index (χ1) is 7.35. The molecule has 0 aliphatic rings. The van der Waals surface area contributed by atoms with E-state index in [1.54, 1.807) is 0 Å². The first-order valence-electron chi connectivity index (χ1n) is 6.00. The Morgan fingerprint density at radius 2 is 2.07 bits per heavy atom. The van der Waals surface area contributed by atoms with Gasteiger partial charge in [0.1, 0.15) is 0 Å². The smallest absolute Gasteiger partial charge is 0.0558 e. The molecule has 3 heteroatoms. The summed E-state index contributed by atoms with van der Waals surface area (Å²) in [5, 5.41) is 12.2. The number of aliphatic hydroxyl groups excluding tert-OH is 1. The van der Waals surface area contributed by atoms with Crippen LogP contribution in [0.1, 0.15) is 26.2 Å². The van der Waals surface area contributed by atoms with Gasteiger partial charge in [0.05, 0.1) is 6.61 Å². The Labute approximate surface area is 94.2 Å². The number of nitrogens with zero attached hydrogens (tertiary/aromatic N) is 1. The van der Waals surface area contributed by atoms with Gasteiger partial charge in [-0.25, -0.2) is 0 Å². The number of hydrogen-bond acceptors (Lipinski definition) is 3. The molecule has 3 nitrogen and oxygen atoms in total. The highest BCUT2D eigenvalue weighted by molar-refractivity contribution is 4.73. The monoisotopic (exact) mass is 214 g/mol. The molecule has 2 N–H and O–H groups in total. The SMILES string of the molecule is C=CCN(CCO)CCCCCNCC. The fraction of sp³-hybridized carbons (Fsp3) is 0.833. The number of rotatable bonds is 11. The van der Waals surface area contributed by atoms with Gasteiger partial charge in [0.15, 0.2) is 0 Å². The van der Waals surface area contributed by atoms with Crippen LogP contribution in [0, 0.1) is 0 Å². The van der Waals surface area contributed by atoms with E-state index in [0.29, 0.717) is 0 Å². The van der Waals surface area contributed by atoms with Crippen LogP contribution < -0.4 is 5.32 Å². The van der Waals surface area contributed by atoms with E-state index in [0.717, 1.165) is 32.7 Å². The van der Waals surface area contributed by atoms with Crippen molar-refractivity contribution in [3.8, 4) is 0 Å². The summed E-state index contributed by atoms with van der Waals surface area (Å²) in [7, 11) is 0. The summed E-state index contributed by atoms with van der Waals surface area (Å²) < 4.78 is 0. The molecule has 0 radical (unpaired) electrons. The summed E-state index contributed by atoms with van der Waals surface area (Å²) >= 11 is 0. The molecular weight excluding hydrogens is 188 g/mol. The van der Waals surface area contributed by atoms with E-state index in [2.05, 4.69) is 23.7 Å². The Balaban J connectivity index is 3.32. The second-order valence-corrected chi connectivity index (χ2v) is 3.73. The Bertz CT molecular complexity index is 140. The maximum atomic E-state index is 8.85. The fourth-order valence-corrected chi connectivity index (χ4v) is 1.56. The second kappa shape index (κ2) is 11.7. The minimum atomic E-state index is 0.241. The molecule has 0 saturated heterocycles. The molecule has 0 aliphatic heterocycles. The lowest BCUT2D eigenvalue weighted by atomic mass is 10.2. The quantitative estimate of drug-likeness (QED) is 0.401. The minimum absolute atomic E-state index is 0.241. The molecule has 0 saturated carbocycles. The number of nitrogens with one attached hydrogen (secondary N) is 1. The lowest BCUT2D eigenvalue weighted by molar-refractivity contribution is 0.206. The maximum Gasteiger partial charge on any atom is 0.0558 e. The summed E-state index contributed by atoms with van der Waals surface area (Å²) in [6.07, 6.45) is 5.61. The third-order valence-electron chi connectivity index (χ3n) is 2.38.